The molecule has 80 valence electrons. The van der Waals surface area contributed by atoms with Crippen LogP contribution in [0.1, 0.15) is 18.1 Å². The number of nitrogens with two attached hydrogens (primary N) is 1. The van der Waals surface area contributed by atoms with E-state index in [4.69, 9.17) is 17.3 Å². The highest BCUT2D eigenvalue weighted by molar-refractivity contribution is 6.34. The number of rotatable bonds is 3. The van der Waals surface area contributed by atoms with Crippen LogP contribution in [0.2, 0.25) is 5.15 Å². The first kappa shape index (κ1) is 10.4. The lowest BCUT2D eigenvalue weighted by atomic mass is 10.1. The maximum Gasteiger partial charge on any atom is 0.142 e. The predicted molar refractivity (Wildman–Crippen MR) is 57.5 cm³/mol. The summed E-state index contributed by atoms with van der Waals surface area (Å²) in [6.07, 6.45) is 2.91. The van der Waals surface area contributed by atoms with Crippen molar-refractivity contribution in [2.45, 2.75) is 12.5 Å². The Morgan fingerprint density at radius 2 is 2.33 bits per heavy atom. The molecule has 0 unspecified atom stereocenters. The Morgan fingerprint density at radius 3 is 3.07 bits per heavy atom. The zero-order valence-electron chi connectivity index (χ0n) is 7.94. The second-order valence-electron chi connectivity index (χ2n) is 3.23. The number of hydrogen-bond acceptors (Lipinski definition) is 4. The number of hydrogen-bond donors (Lipinski definition) is 3. The number of H-pyrrole nitrogens is 1. The van der Waals surface area contributed by atoms with Gasteiger partial charge in [0.1, 0.15) is 17.1 Å². The minimum Gasteiger partial charge on any atom is -0.388 e. The summed E-state index contributed by atoms with van der Waals surface area (Å²) in [6.45, 7) is 0.416. The van der Waals surface area contributed by atoms with Gasteiger partial charge in [-0.05, 0) is 13.0 Å². The van der Waals surface area contributed by atoms with Crippen LogP contribution < -0.4 is 5.73 Å². The summed E-state index contributed by atoms with van der Waals surface area (Å²) in [5.74, 6) is 0. The second kappa shape index (κ2) is 4.14. The summed E-state index contributed by atoms with van der Waals surface area (Å²) in [5, 5.41) is 10.8. The quantitative estimate of drug-likeness (QED) is 0.682. The van der Waals surface area contributed by atoms with Crippen LogP contribution in [0.3, 0.4) is 0 Å². The topological polar surface area (TPSA) is 87.8 Å². The molecular weight excluding hydrogens is 216 g/mol. The van der Waals surface area contributed by atoms with E-state index in [9.17, 15) is 5.11 Å². The summed E-state index contributed by atoms with van der Waals surface area (Å²) < 4.78 is 0. The van der Waals surface area contributed by atoms with Gasteiger partial charge in [-0.1, -0.05) is 11.6 Å². The van der Waals surface area contributed by atoms with Gasteiger partial charge in [-0.15, -0.1) is 0 Å². The van der Waals surface area contributed by atoms with E-state index in [-0.39, 0.29) is 0 Å². The van der Waals surface area contributed by atoms with Gasteiger partial charge in [-0.3, -0.25) is 0 Å². The maximum absolute atomic E-state index is 9.82. The van der Waals surface area contributed by atoms with Gasteiger partial charge >= 0.3 is 0 Å². The number of aliphatic hydroxyl groups excluding tert-OH is 1. The zero-order valence-corrected chi connectivity index (χ0v) is 8.70. The molecule has 2 rings (SSSR count). The lowest BCUT2D eigenvalue weighted by Gasteiger charge is -2.07. The number of fused-ring (bicyclic) bond motifs is 1. The van der Waals surface area contributed by atoms with Crippen molar-refractivity contribution in [1.29, 1.82) is 0 Å². The van der Waals surface area contributed by atoms with Gasteiger partial charge in [-0.25, -0.2) is 9.97 Å². The average Bonchev–Trinajstić information content (AvgIpc) is 2.63. The third kappa shape index (κ3) is 1.81. The highest BCUT2D eigenvalue weighted by Gasteiger charge is 2.15. The first-order valence-corrected chi connectivity index (χ1v) is 4.97. The fourth-order valence-corrected chi connectivity index (χ4v) is 1.77. The number of nitrogens with one attached hydrogen (secondary N) is 1. The smallest absolute Gasteiger partial charge is 0.142 e. The van der Waals surface area contributed by atoms with E-state index in [1.807, 2.05) is 0 Å². The Labute approximate surface area is 91.3 Å². The van der Waals surface area contributed by atoms with Gasteiger partial charge in [0.2, 0.25) is 0 Å². The Morgan fingerprint density at radius 1 is 1.53 bits per heavy atom. The Kier molecular flexibility index (Phi) is 2.86. The standard InChI is InChI=1S/C9H11ClN4O/c10-8-7-5(6(15)1-2-11)3-12-9(7)14-4-13-8/h3-4,6,15H,1-2,11H2,(H,12,13,14)/t6-/m1/s1. The van der Waals surface area contributed by atoms with Crippen molar-refractivity contribution in [3.8, 4) is 0 Å². The molecule has 15 heavy (non-hydrogen) atoms. The normalized spacial score (nSPS) is 13.3. The van der Waals surface area contributed by atoms with Gasteiger partial charge in [-0.2, -0.15) is 0 Å². The third-order valence-corrected chi connectivity index (χ3v) is 2.54. The number of nitrogens with zero attached hydrogens (tertiary/aromatic N) is 2. The number of aliphatic hydroxyl groups is 1. The van der Waals surface area contributed by atoms with Crippen molar-refractivity contribution in [2.24, 2.45) is 5.73 Å². The first-order valence-electron chi connectivity index (χ1n) is 4.59. The molecule has 0 fully saturated rings. The summed E-state index contributed by atoms with van der Waals surface area (Å²) in [5.41, 5.74) is 6.70. The SMILES string of the molecule is NCC[C@@H](O)c1c[nH]c2ncnc(Cl)c12. The molecule has 0 saturated heterocycles. The van der Waals surface area contributed by atoms with E-state index in [1.54, 1.807) is 6.20 Å². The highest BCUT2D eigenvalue weighted by Crippen LogP contribution is 2.28. The van der Waals surface area contributed by atoms with Crippen LogP contribution in [0.25, 0.3) is 11.0 Å². The van der Waals surface area contributed by atoms with Crippen LogP contribution in [0.15, 0.2) is 12.5 Å². The second-order valence-corrected chi connectivity index (χ2v) is 3.58. The fraction of sp³-hybridized carbons (Fsp3) is 0.333. The number of halogens is 1. The largest absolute Gasteiger partial charge is 0.388 e. The number of aromatic amines is 1. The van der Waals surface area contributed by atoms with Gasteiger partial charge < -0.3 is 15.8 Å². The third-order valence-electron chi connectivity index (χ3n) is 2.25. The Hall–Kier alpha value is -1.17. The van der Waals surface area contributed by atoms with E-state index >= 15 is 0 Å². The Bertz CT molecular complexity index is 470. The average molecular weight is 227 g/mol. The van der Waals surface area contributed by atoms with E-state index in [2.05, 4.69) is 15.0 Å². The molecule has 4 N–H and O–H groups in total. The van der Waals surface area contributed by atoms with Gasteiger partial charge in [0, 0.05) is 11.8 Å². The maximum atomic E-state index is 9.82. The van der Waals surface area contributed by atoms with Crippen LogP contribution in [0, 0.1) is 0 Å². The summed E-state index contributed by atoms with van der Waals surface area (Å²) in [6, 6.07) is 0. The lowest BCUT2D eigenvalue weighted by Crippen LogP contribution is -2.06. The minimum atomic E-state index is -0.632. The molecule has 0 spiro atoms. The molecule has 1 atom stereocenters. The lowest BCUT2D eigenvalue weighted by molar-refractivity contribution is 0.172. The minimum absolute atomic E-state index is 0.340. The molecule has 6 heteroatoms. The molecule has 2 heterocycles. The highest BCUT2D eigenvalue weighted by atomic mass is 35.5. The molecule has 2 aromatic rings. The van der Waals surface area contributed by atoms with Crippen molar-refractivity contribution >= 4 is 22.6 Å². The summed E-state index contributed by atoms with van der Waals surface area (Å²) in [7, 11) is 0. The monoisotopic (exact) mass is 226 g/mol. The molecule has 0 amide bonds. The molecular formula is C9H11ClN4O. The predicted octanol–water partition coefficient (Wildman–Crippen LogP) is 0.994. The molecule has 2 aromatic heterocycles. The van der Waals surface area contributed by atoms with Crippen LogP contribution in [-0.4, -0.2) is 26.6 Å². The van der Waals surface area contributed by atoms with Crippen molar-refractivity contribution in [1.82, 2.24) is 15.0 Å². The van der Waals surface area contributed by atoms with E-state index in [0.29, 0.717) is 34.7 Å². The molecule has 0 aliphatic rings. The number of aromatic nitrogens is 3. The van der Waals surface area contributed by atoms with E-state index in [1.165, 1.54) is 6.33 Å². The molecule has 0 bridgehead atoms. The molecule has 0 aromatic carbocycles. The van der Waals surface area contributed by atoms with Crippen molar-refractivity contribution in [3.63, 3.8) is 0 Å². The van der Waals surface area contributed by atoms with Crippen molar-refractivity contribution < 1.29 is 5.11 Å². The van der Waals surface area contributed by atoms with Gasteiger partial charge in [0.15, 0.2) is 0 Å². The van der Waals surface area contributed by atoms with Crippen molar-refractivity contribution in [2.75, 3.05) is 6.54 Å². The summed E-state index contributed by atoms with van der Waals surface area (Å²) in [4.78, 5) is 10.8. The molecule has 0 saturated carbocycles. The fourth-order valence-electron chi connectivity index (χ4n) is 1.52. The summed E-state index contributed by atoms with van der Waals surface area (Å²) >= 11 is 5.93. The first-order chi connectivity index (χ1) is 7.24. The molecule has 0 radical (unpaired) electrons. The molecule has 5 nitrogen and oxygen atoms in total. The van der Waals surface area contributed by atoms with E-state index in [0.717, 1.165) is 0 Å². The zero-order chi connectivity index (χ0) is 10.8. The molecule has 0 aliphatic heterocycles. The van der Waals surface area contributed by atoms with Crippen LogP contribution in [-0.2, 0) is 0 Å². The molecule has 0 aliphatic carbocycles. The van der Waals surface area contributed by atoms with Crippen LogP contribution in [0.5, 0.6) is 0 Å². The van der Waals surface area contributed by atoms with Crippen LogP contribution in [0.4, 0.5) is 0 Å². The van der Waals surface area contributed by atoms with E-state index < -0.39 is 6.10 Å². The van der Waals surface area contributed by atoms with Crippen LogP contribution >= 0.6 is 11.6 Å². The van der Waals surface area contributed by atoms with Gasteiger partial charge in [0.25, 0.3) is 0 Å². The van der Waals surface area contributed by atoms with Crippen molar-refractivity contribution in [3.05, 3.63) is 23.2 Å². The van der Waals surface area contributed by atoms with Gasteiger partial charge in [0.05, 0.1) is 11.5 Å². The Balaban J connectivity index is 2.52.